The number of rotatable bonds is 7. The molecule has 0 aliphatic carbocycles. The van der Waals surface area contributed by atoms with E-state index in [9.17, 15) is 13.2 Å². The lowest BCUT2D eigenvalue weighted by molar-refractivity contribution is -0.141. The van der Waals surface area contributed by atoms with Crippen LogP contribution in [0.5, 0.6) is 0 Å². The lowest BCUT2D eigenvalue weighted by Crippen LogP contribution is -2.33. The molecule has 0 bridgehead atoms. The van der Waals surface area contributed by atoms with Gasteiger partial charge in [0.15, 0.2) is 0 Å². The number of nitrogens with one attached hydrogen (secondary N) is 1. The fourth-order valence-electron chi connectivity index (χ4n) is 1.48. The lowest BCUT2D eigenvalue weighted by atomic mass is 10.1. The Labute approximate surface area is 107 Å². The van der Waals surface area contributed by atoms with E-state index in [1.54, 1.807) is 37.3 Å². The summed E-state index contributed by atoms with van der Waals surface area (Å²) in [5.41, 5.74) is 0.674. The minimum absolute atomic E-state index is 0.0685. The summed E-state index contributed by atoms with van der Waals surface area (Å²) in [6, 6.07) is 8.76. The fraction of sp³-hybridized carbons (Fsp3) is 0.417. The molecular weight excluding hydrogens is 254 g/mol. The summed E-state index contributed by atoms with van der Waals surface area (Å²) in [7, 11) is -3.49. The molecule has 0 amide bonds. The highest BCUT2D eigenvalue weighted by molar-refractivity contribution is 7.88. The van der Waals surface area contributed by atoms with E-state index in [4.69, 9.17) is 5.11 Å². The van der Waals surface area contributed by atoms with Crippen molar-refractivity contribution in [3.63, 3.8) is 0 Å². The Morgan fingerprint density at radius 2 is 1.94 bits per heavy atom. The third kappa shape index (κ3) is 4.85. The molecule has 1 atom stereocenters. The molecule has 18 heavy (non-hydrogen) atoms. The van der Waals surface area contributed by atoms with Gasteiger partial charge in [0.1, 0.15) is 0 Å². The van der Waals surface area contributed by atoms with E-state index in [0.717, 1.165) is 0 Å². The van der Waals surface area contributed by atoms with Crippen LogP contribution in [0.2, 0.25) is 0 Å². The summed E-state index contributed by atoms with van der Waals surface area (Å²) in [6.45, 7) is 1.64. The number of carboxylic acid groups (broad SMARTS) is 1. The van der Waals surface area contributed by atoms with Crippen molar-refractivity contribution in [1.29, 1.82) is 0 Å². The van der Waals surface area contributed by atoms with Crippen molar-refractivity contribution >= 4 is 16.0 Å². The Hall–Kier alpha value is -1.40. The lowest BCUT2D eigenvalue weighted by Gasteiger charge is -2.11. The molecule has 0 fully saturated rings. The predicted octanol–water partition coefficient (Wildman–Crippen LogP) is 1.22. The van der Waals surface area contributed by atoms with E-state index in [0.29, 0.717) is 12.0 Å². The predicted molar refractivity (Wildman–Crippen MR) is 68.5 cm³/mol. The van der Waals surface area contributed by atoms with Crippen LogP contribution in [-0.2, 0) is 20.6 Å². The quantitative estimate of drug-likeness (QED) is 0.781. The van der Waals surface area contributed by atoms with Crippen molar-refractivity contribution in [2.45, 2.75) is 19.1 Å². The van der Waals surface area contributed by atoms with E-state index in [2.05, 4.69) is 4.72 Å². The number of aliphatic carboxylic acids is 1. The largest absolute Gasteiger partial charge is 0.481 e. The first-order valence-corrected chi connectivity index (χ1v) is 7.34. The number of hydrogen-bond donors (Lipinski definition) is 2. The van der Waals surface area contributed by atoms with Gasteiger partial charge in [-0.15, -0.1) is 0 Å². The molecule has 5 nitrogen and oxygen atoms in total. The van der Waals surface area contributed by atoms with Crippen LogP contribution < -0.4 is 4.72 Å². The third-order valence-corrected chi connectivity index (χ3v) is 3.91. The molecule has 0 saturated carbocycles. The Balaban J connectivity index is 2.58. The molecule has 6 heteroatoms. The highest BCUT2D eigenvalue weighted by Crippen LogP contribution is 2.06. The number of hydrogen-bond acceptors (Lipinski definition) is 3. The topological polar surface area (TPSA) is 83.5 Å². The summed E-state index contributed by atoms with van der Waals surface area (Å²) in [5.74, 6) is -1.81. The van der Waals surface area contributed by atoms with Gasteiger partial charge in [-0.3, -0.25) is 4.79 Å². The second-order valence-corrected chi connectivity index (χ2v) is 5.84. The van der Waals surface area contributed by atoms with Crippen LogP contribution in [0, 0.1) is 5.92 Å². The van der Waals surface area contributed by atoms with Gasteiger partial charge in [0.25, 0.3) is 0 Å². The molecule has 0 radical (unpaired) electrons. The maximum Gasteiger partial charge on any atom is 0.307 e. The molecular formula is C12H17NO4S. The zero-order chi connectivity index (χ0) is 13.6. The van der Waals surface area contributed by atoms with E-state index in [1.165, 1.54) is 0 Å². The van der Waals surface area contributed by atoms with Gasteiger partial charge in [0.05, 0.1) is 11.7 Å². The third-order valence-electron chi connectivity index (χ3n) is 2.59. The number of carbonyl (C=O) groups is 1. The highest BCUT2D eigenvalue weighted by Gasteiger charge is 2.18. The smallest absolute Gasteiger partial charge is 0.307 e. The van der Waals surface area contributed by atoms with Crippen LogP contribution in [0.3, 0.4) is 0 Å². The van der Waals surface area contributed by atoms with Crippen LogP contribution in [0.1, 0.15) is 18.9 Å². The van der Waals surface area contributed by atoms with Gasteiger partial charge in [0.2, 0.25) is 10.0 Å². The van der Waals surface area contributed by atoms with Gasteiger partial charge < -0.3 is 5.11 Å². The molecule has 0 aliphatic heterocycles. The van der Waals surface area contributed by atoms with Crippen molar-refractivity contribution in [1.82, 2.24) is 4.72 Å². The van der Waals surface area contributed by atoms with Crippen LogP contribution in [0.4, 0.5) is 0 Å². The molecule has 1 aromatic rings. The Bertz CT molecular complexity index is 484. The standard InChI is InChI=1S/C12H17NO4S/c1-2-11(12(14)15)8-13-18(16,17)9-10-6-4-3-5-7-10/h3-7,11,13H,2,8-9H2,1H3,(H,14,15). The van der Waals surface area contributed by atoms with Gasteiger partial charge in [-0.05, 0) is 12.0 Å². The van der Waals surface area contributed by atoms with Crippen molar-refractivity contribution in [2.24, 2.45) is 5.92 Å². The van der Waals surface area contributed by atoms with E-state index >= 15 is 0 Å². The number of benzene rings is 1. The van der Waals surface area contributed by atoms with Gasteiger partial charge in [-0.1, -0.05) is 37.3 Å². The minimum Gasteiger partial charge on any atom is -0.481 e. The maximum atomic E-state index is 11.7. The van der Waals surface area contributed by atoms with E-state index in [-0.39, 0.29) is 12.3 Å². The minimum atomic E-state index is -3.49. The molecule has 0 aliphatic rings. The molecule has 0 spiro atoms. The van der Waals surface area contributed by atoms with Crippen LogP contribution in [-0.4, -0.2) is 26.0 Å². The zero-order valence-corrected chi connectivity index (χ0v) is 11.0. The molecule has 0 heterocycles. The average molecular weight is 271 g/mol. The second kappa shape index (κ2) is 6.51. The van der Waals surface area contributed by atoms with Gasteiger partial charge in [-0.2, -0.15) is 0 Å². The number of sulfonamides is 1. The normalized spacial score (nSPS) is 13.2. The Kier molecular flexibility index (Phi) is 5.30. The van der Waals surface area contributed by atoms with Crippen molar-refractivity contribution in [3.05, 3.63) is 35.9 Å². The van der Waals surface area contributed by atoms with Crippen molar-refractivity contribution < 1.29 is 18.3 Å². The summed E-state index contributed by atoms with van der Waals surface area (Å²) < 4.78 is 25.8. The van der Waals surface area contributed by atoms with E-state index in [1.807, 2.05) is 0 Å². The van der Waals surface area contributed by atoms with E-state index < -0.39 is 21.9 Å². The van der Waals surface area contributed by atoms with Gasteiger partial charge >= 0.3 is 5.97 Å². The zero-order valence-electron chi connectivity index (χ0n) is 10.2. The average Bonchev–Trinajstić information content (AvgIpc) is 2.29. The maximum absolute atomic E-state index is 11.7. The summed E-state index contributed by atoms with van der Waals surface area (Å²) in [6.07, 6.45) is 0.392. The molecule has 0 aromatic heterocycles. The van der Waals surface area contributed by atoms with Gasteiger partial charge in [-0.25, -0.2) is 13.1 Å². The summed E-state index contributed by atoms with van der Waals surface area (Å²) in [5, 5.41) is 8.82. The first kappa shape index (κ1) is 14.7. The highest BCUT2D eigenvalue weighted by atomic mass is 32.2. The van der Waals surface area contributed by atoms with Crippen LogP contribution >= 0.6 is 0 Å². The first-order valence-electron chi connectivity index (χ1n) is 5.68. The molecule has 1 unspecified atom stereocenters. The molecule has 100 valence electrons. The van der Waals surface area contributed by atoms with Crippen LogP contribution in [0.15, 0.2) is 30.3 Å². The number of carboxylic acids is 1. The first-order chi connectivity index (χ1) is 8.44. The second-order valence-electron chi connectivity index (χ2n) is 4.04. The van der Waals surface area contributed by atoms with Gasteiger partial charge in [0, 0.05) is 6.54 Å². The Morgan fingerprint density at radius 1 is 1.33 bits per heavy atom. The molecule has 0 saturated heterocycles. The summed E-state index contributed by atoms with van der Waals surface area (Å²) in [4.78, 5) is 10.8. The Morgan fingerprint density at radius 3 is 2.44 bits per heavy atom. The molecule has 2 N–H and O–H groups in total. The van der Waals surface area contributed by atoms with Crippen molar-refractivity contribution in [3.8, 4) is 0 Å². The van der Waals surface area contributed by atoms with Crippen LogP contribution in [0.25, 0.3) is 0 Å². The monoisotopic (exact) mass is 271 g/mol. The fourth-order valence-corrected chi connectivity index (χ4v) is 2.67. The molecule has 1 aromatic carbocycles. The molecule has 1 rings (SSSR count). The summed E-state index contributed by atoms with van der Waals surface area (Å²) >= 11 is 0. The SMILES string of the molecule is CCC(CNS(=O)(=O)Cc1ccccc1)C(=O)O. The van der Waals surface area contributed by atoms with Crippen molar-refractivity contribution in [2.75, 3.05) is 6.54 Å².